The molecular formula is C22H25NO2. The van der Waals surface area contributed by atoms with Crippen LogP contribution >= 0.6 is 0 Å². The molecule has 130 valence electrons. The van der Waals surface area contributed by atoms with Crippen molar-refractivity contribution >= 4 is 5.78 Å². The van der Waals surface area contributed by atoms with Gasteiger partial charge >= 0.3 is 0 Å². The SMILES string of the molecule is Cc1ccc(C(=O)C2CCN(C3Cc4ccccc4C3O)CC2)cc1. The summed E-state index contributed by atoms with van der Waals surface area (Å²) in [6.07, 6.45) is 2.27. The zero-order valence-electron chi connectivity index (χ0n) is 14.7. The van der Waals surface area contributed by atoms with Gasteiger partial charge in [0.15, 0.2) is 5.78 Å². The number of nitrogens with zero attached hydrogens (tertiary/aromatic N) is 1. The Morgan fingerprint density at radius 3 is 2.40 bits per heavy atom. The van der Waals surface area contributed by atoms with E-state index >= 15 is 0 Å². The molecule has 2 atom stereocenters. The van der Waals surface area contributed by atoms with Gasteiger partial charge in [-0.15, -0.1) is 0 Å². The van der Waals surface area contributed by atoms with Crippen LogP contribution in [0.15, 0.2) is 48.5 Å². The molecule has 0 amide bonds. The number of piperidine rings is 1. The summed E-state index contributed by atoms with van der Waals surface area (Å²) in [6, 6.07) is 16.3. The Bertz CT molecular complexity index is 760. The number of fused-ring (bicyclic) bond motifs is 1. The second-order valence-electron chi connectivity index (χ2n) is 7.46. The van der Waals surface area contributed by atoms with Crippen LogP contribution in [0.25, 0.3) is 0 Å². The summed E-state index contributed by atoms with van der Waals surface area (Å²) in [5.74, 6) is 0.384. The van der Waals surface area contributed by atoms with Gasteiger partial charge in [-0.05, 0) is 50.4 Å². The molecule has 0 bridgehead atoms. The summed E-state index contributed by atoms with van der Waals surface area (Å²) in [7, 11) is 0. The Balaban J connectivity index is 1.39. The first kappa shape index (κ1) is 16.5. The van der Waals surface area contributed by atoms with Crippen molar-refractivity contribution < 1.29 is 9.90 Å². The minimum Gasteiger partial charge on any atom is -0.387 e. The Kier molecular flexibility index (Phi) is 4.45. The Hall–Kier alpha value is -1.97. The van der Waals surface area contributed by atoms with E-state index in [1.807, 2.05) is 49.4 Å². The van der Waals surface area contributed by atoms with Crippen LogP contribution < -0.4 is 0 Å². The molecule has 25 heavy (non-hydrogen) atoms. The van der Waals surface area contributed by atoms with E-state index in [-0.39, 0.29) is 17.7 Å². The molecule has 1 aliphatic heterocycles. The van der Waals surface area contributed by atoms with Gasteiger partial charge in [-0.25, -0.2) is 0 Å². The van der Waals surface area contributed by atoms with Crippen LogP contribution in [-0.4, -0.2) is 34.9 Å². The van der Waals surface area contributed by atoms with Gasteiger partial charge in [0.25, 0.3) is 0 Å². The maximum Gasteiger partial charge on any atom is 0.166 e. The molecule has 1 saturated heterocycles. The third kappa shape index (κ3) is 3.14. The van der Waals surface area contributed by atoms with Gasteiger partial charge < -0.3 is 5.11 Å². The predicted octanol–water partition coefficient (Wildman–Crippen LogP) is 3.55. The highest BCUT2D eigenvalue weighted by atomic mass is 16.3. The molecule has 1 N–H and O–H groups in total. The number of carbonyl (C=O) groups excluding carboxylic acids is 1. The average Bonchev–Trinajstić information content (AvgIpc) is 2.99. The molecule has 0 saturated carbocycles. The largest absolute Gasteiger partial charge is 0.387 e. The molecule has 1 heterocycles. The quantitative estimate of drug-likeness (QED) is 0.872. The van der Waals surface area contributed by atoms with Crippen LogP contribution in [0.3, 0.4) is 0 Å². The molecule has 2 aliphatic rings. The summed E-state index contributed by atoms with van der Waals surface area (Å²) >= 11 is 0. The topological polar surface area (TPSA) is 40.5 Å². The van der Waals surface area contributed by atoms with Gasteiger partial charge in [0.1, 0.15) is 0 Å². The highest BCUT2D eigenvalue weighted by Gasteiger charge is 2.37. The first-order valence-electron chi connectivity index (χ1n) is 9.24. The molecular weight excluding hydrogens is 310 g/mol. The molecule has 1 aliphatic carbocycles. The fourth-order valence-electron chi connectivity index (χ4n) is 4.33. The fraction of sp³-hybridized carbons (Fsp3) is 0.409. The zero-order valence-corrected chi connectivity index (χ0v) is 14.7. The van der Waals surface area contributed by atoms with Gasteiger partial charge in [-0.2, -0.15) is 0 Å². The lowest BCUT2D eigenvalue weighted by Gasteiger charge is -2.37. The number of carbonyl (C=O) groups is 1. The number of ketones is 1. The van der Waals surface area contributed by atoms with E-state index < -0.39 is 6.10 Å². The number of aliphatic hydroxyl groups is 1. The van der Waals surface area contributed by atoms with Gasteiger partial charge in [0, 0.05) is 17.5 Å². The maximum absolute atomic E-state index is 12.7. The summed E-state index contributed by atoms with van der Waals surface area (Å²) in [6.45, 7) is 3.81. The molecule has 2 aromatic carbocycles. The first-order valence-corrected chi connectivity index (χ1v) is 9.24. The zero-order chi connectivity index (χ0) is 17.4. The summed E-state index contributed by atoms with van der Waals surface area (Å²) in [5, 5.41) is 10.7. The molecule has 4 rings (SSSR count). The van der Waals surface area contributed by atoms with Crippen LogP contribution in [0.4, 0.5) is 0 Å². The Labute approximate surface area is 149 Å². The third-order valence-electron chi connectivity index (χ3n) is 5.87. The lowest BCUT2D eigenvalue weighted by molar-refractivity contribution is 0.0379. The van der Waals surface area contributed by atoms with E-state index in [1.165, 1.54) is 11.1 Å². The molecule has 3 heteroatoms. The van der Waals surface area contributed by atoms with E-state index in [4.69, 9.17) is 0 Å². The number of hydrogen-bond acceptors (Lipinski definition) is 3. The van der Waals surface area contributed by atoms with E-state index in [2.05, 4.69) is 11.0 Å². The van der Waals surface area contributed by atoms with Crippen molar-refractivity contribution in [2.75, 3.05) is 13.1 Å². The number of likely N-dealkylation sites (tertiary alicyclic amines) is 1. The molecule has 0 radical (unpaired) electrons. The molecule has 2 aromatic rings. The normalized spacial score (nSPS) is 24.2. The number of rotatable bonds is 3. The van der Waals surface area contributed by atoms with Crippen molar-refractivity contribution in [1.82, 2.24) is 4.90 Å². The monoisotopic (exact) mass is 335 g/mol. The average molecular weight is 335 g/mol. The predicted molar refractivity (Wildman–Crippen MR) is 98.7 cm³/mol. The highest BCUT2D eigenvalue weighted by Crippen LogP contribution is 2.36. The number of Topliss-reactive ketones (excluding diaryl/α,β-unsaturated/α-hetero) is 1. The van der Waals surface area contributed by atoms with E-state index in [1.54, 1.807) is 0 Å². The molecule has 3 nitrogen and oxygen atoms in total. The molecule has 1 fully saturated rings. The molecule has 0 aromatic heterocycles. The minimum atomic E-state index is -0.402. The van der Waals surface area contributed by atoms with Crippen molar-refractivity contribution in [3.8, 4) is 0 Å². The second kappa shape index (κ2) is 6.74. The van der Waals surface area contributed by atoms with E-state index in [0.717, 1.165) is 43.5 Å². The van der Waals surface area contributed by atoms with Crippen LogP contribution in [0.5, 0.6) is 0 Å². The highest BCUT2D eigenvalue weighted by molar-refractivity contribution is 5.97. The van der Waals surface area contributed by atoms with Crippen LogP contribution in [-0.2, 0) is 6.42 Å². The summed E-state index contributed by atoms with van der Waals surface area (Å²) in [4.78, 5) is 15.1. The van der Waals surface area contributed by atoms with Gasteiger partial charge in [0.2, 0.25) is 0 Å². The van der Waals surface area contributed by atoms with Crippen LogP contribution in [0.2, 0.25) is 0 Å². The van der Waals surface area contributed by atoms with Gasteiger partial charge in [-0.1, -0.05) is 54.1 Å². The first-order chi connectivity index (χ1) is 12.1. The lowest BCUT2D eigenvalue weighted by atomic mass is 9.88. The van der Waals surface area contributed by atoms with Crippen molar-refractivity contribution in [3.05, 3.63) is 70.8 Å². The van der Waals surface area contributed by atoms with Gasteiger partial charge in [-0.3, -0.25) is 9.69 Å². The number of hydrogen-bond donors (Lipinski definition) is 1. The molecule has 2 unspecified atom stereocenters. The van der Waals surface area contributed by atoms with Crippen LogP contribution in [0, 0.1) is 12.8 Å². The third-order valence-corrected chi connectivity index (χ3v) is 5.87. The van der Waals surface area contributed by atoms with Crippen LogP contribution in [0.1, 0.15) is 46.0 Å². The minimum absolute atomic E-state index is 0.111. The van der Waals surface area contributed by atoms with E-state index in [0.29, 0.717) is 0 Å². The second-order valence-corrected chi connectivity index (χ2v) is 7.46. The maximum atomic E-state index is 12.7. The summed E-state index contributed by atoms with van der Waals surface area (Å²) < 4.78 is 0. The smallest absolute Gasteiger partial charge is 0.166 e. The van der Waals surface area contributed by atoms with E-state index in [9.17, 15) is 9.90 Å². The van der Waals surface area contributed by atoms with Gasteiger partial charge in [0.05, 0.1) is 6.10 Å². The van der Waals surface area contributed by atoms with Crippen molar-refractivity contribution in [1.29, 1.82) is 0 Å². The van der Waals surface area contributed by atoms with Crippen molar-refractivity contribution in [2.24, 2.45) is 5.92 Å². The Morgan fingerprint density at radius 1 is 1.04 bits per heavy atom. The van der Waals surface area contributed by atoms with Crippen molar-refractivity contribution in [2.45, 2.75) is 38.3 Å². The Morgan fingerprint density at radius 2 is 1.72 bits per heavy atom. The summed E-state index contributed by atoms with van der Waals surface area (Å²) in [5.41, 5.74) is 4.35. The standard InChI is InChI=1S/C22H25NO2/c1-15-6-8-16(9-7-15)21(24)17-10-12-23(13-11-17)20-14-18-4-2-3-5-19(18)22(20)25/h2-9,17,20,22,25H,10-14H2,1H3. The molecule has 0 spiro atoms. The lowest BCUT2D eigenvalue weighted by Crippen LogP contribution is -2.44. The fourth-order valence-corrected chi connectivity index (χ4v) is 4.33. The number of aliphatic hydroxyl groups excluding tert-OH is 1. The number of aryl methyl sites for hydroxylation is 1. The van der Waals surface area contributed by atoms with Crippen molar-refractivity contribution in [3.63, 3.8) is 0 Å². The number of benzene rings is 2.